The summed E-state index contributed by atoms with van der Waals surface area (Å²) in [7, 11) is -2.83. The monoisotopic (exact) mass is 519 g/mol. The first-order chi connectivity index (χ1) is 16.7. The molecule has 1 aromatic carbocycles. The van der Waals surface area contributed by atoms with Gasteiger partial charge in [0.1, 0.15) is 5.75 Å². The minimum absolute atomic E-state index is 0.106. The molecule has 3 aromatic rings. The Bertz CT molecular complexity index is 1380. The molecular weight excluding hydrogens is 498 g/mol. The van der Waals surface area contributed by atoms with Crippen LogP contribution in [0.1, 0.15) is 46.5 Å². The lowest BCUT2D eigenvalue weighted by Crippen LogP contribution is -2.22. The molecule has 2 amide bonds. The first-order valence-corrected chi connectivity index (χ1v) is 12.8. The van der Waals surface area contributed by atoms with E-state index >= 15 is 0 Å². The molecule has 0 bridgehead atoms. The average molecular weight is 520 g/mol. The van der Waals surface area contributed by atoms with E-state index in [0.717, 1.165) is 25.7 Å². The Morgan fingerprint density at radius 3 is 2.57 bits per heavy atom. The van der Waals surface area contributed by atoms with E-state index in [9.17, 15) is 27.9 Å². The van der Waals surface area contributed by atoms with Crippen LogP contribution in [-0.2, 0) is 9.84 Å². The number of Topliss-reactive ketones (excluding diaryl/α,β-unsaturated/α-hetero) is 1. The summed E-state index contributed by atoms with van der Waals surface area (Å²) in [5.41, 5.74) is -0.222. The summed E-state index contributed by atoms with van der Waals surface area (Å²) >= 11 is 0.470. The van der Waals surface area contributed by atoms with E-state index in [-0.39, 0.29) is 28.1 Å². The van der Waals surface area contributed by atoms with Crippen LogP contribution in [0.15, 0.2) is 40.0 Å². The number of nitrogens with zero attached hydrogens (tertiary/aromatic N) is 2. The minimum atomic E-state index is -4.30. The van der Waals surface area contributed by atoms with Crippen molar-refractivity contribution in [1.82, 2.24) is 15.0 Å². The van der Waals surface area contributed by atoms with Gasteiger partial charge >= 0.3 is 12.0 Å². The van der Waals surface area contributed by atoms with E-state index in [1.165, 1.54) is 25.6 Å². The fourth-order valence-corrected chi connectivity index (χ4v) is 6.37. The summed E-state index contributed by atoms with van der Waals surface area (Å²) < 4.78 is 30.1. The molecule has 1 aliphatic rings. The molecule has 0 radical (unpaired) electrons. The molecule has 14 heteroatoms. The molecule has 0 aliphatic heterocycles. The fourth-order valence-electron chi connectivity index (χ4n) is 3.78. The number of aromatic carboxylic acids is 1. The summed E-state index contributed by atoms with van der Waals surface area (Å²) in [4.78, 5) is 47.2. The number of urea groups is 1. The summed E-state index contributed by atoms with van der Waals surface area (Å²) in [6.45, 7) is 0. The number of aromatic nitrogens is 3. The van der Waals surface area contributed by atoms with Gasteiger partial charge in [-0.3, -0.25) is 10.1 Å². The molecule has 2 aromatic heterocycles. The molecule has 1 aliphatic carbocycles. The molecule has 0 atom stereocenters. The number of ketones is 1. The molecule has 0 spiro atoms. The zero-order valence-corrected chi connectivity index (χ0v) is 20.0. The van der Waals surface area contributed by atoms with Crippen molar-refractivity contribution in [1.29, 1.82) is 0 Å². The number of carboxylic acid groups (broad SMARTS) is 1. The van der Waals surface area contributed by atoms with Crippen molar-refractivity contribution in [2.24, 2.45) is 5.92 Å². The van der Waals surface area contributed by atoms with Crippen LogP contribution < -0.4 is 15.4 Å². The Balaban J connectivity index is 1.59. The third-order valence-electron chi connectivity index (χ3n) is 5.46. The fraction of sp³-hybridized carbons (Fsp3) is 0.286. The number of hydrogen-bond donors (Lipinski definition) is 4. The highest BCUT2D eigenvalue weighted by Crippen LogP contribution is 2.33. The van der Waals surface area contributed by atoms with Gasteiger partial charge in [-0.1, -0.05) is 24.2 Å². The molecule has 2 heterocycles. The lowest BCUT2D eigenvalue weighted by Gasteiger charge is -2.15. The highest BCUT2D eigenvalue weighted by atomic mass is 32.2. The quantitative estimate of drug-likeness (QED) is 0.324. The zero-order valence-electron chi connectivity index (χ0n) is 18.4. The van der Waals surface area contributed by atoms with Crippen molar-refractivity contribution in [2.75, 3.05) is 17.7 Å². The number of benzene rings is 1. The number of hydrogen-bond acceptors (Lipinski definition) is 9. The molecule has 35 heavy (non-hydrogen) atoms. The minimum Gasteiger partial charge on any atom is -0.497 e. The van der Waals surface area contributed by atoms with Crippen LogP contribution >= 0.6 is 11.3 Å². The first-order valence-electron chi connectivity index (χ1n) is 10.5. The molecular formula is C21H21N5O7S2. The third kappa shape index (κ3) is 5.02. The second kappa shape index (κ2) is 9.84. The molecule has 12 nitrogen and oxygen atoms in total. The van der Waals surface area contributed by atoms with Crippen LogP contribution in [0.4, 0.5) is 15.6 Å². The normalized spacial score (nSPS) is 14.0. The van der Waals surface area contributed by atoms with Gasteiger partial charge in [-0.05, 0) is 31.0 Å². The maximum Gasteiger partial charge on any atom is 0.356 e. The predicted molar refractivity (Wildman–Crippen MR) is 125 cm³/mol. The molecule has 4 rings (SSSR count). The van der Waals surface area contributed by atoms with Crippen LogP contribution in [0, 0.1) is 5.92 Å². The first kappa shape index (κ1) is 24.3. The van der Waals surface area contributed by atoms with Gasteiger partial charge in [-0.15, -0.1) is 0 Å². The number of methoxy groups -OCH3 is 1. The lowest BCUT2D eigenvalue weighted by atomic mass is 9.95. The Hall–Kier alpha value is -3.78. The summed E-state index contributed by atoms with van der Waals surface area (Å²) in [6.07, 6.45) is 5.95. The summed E-state index contributed by atoms with van der Waals surface area (Å²) in [5, 5.41) is 13.6. The van der Waals surface area contributed by atoms with Crippen molar-refractivity contribution >= 4 is 49.8 Å². The second-order valence-electron chi connectivity index (χ2n) is 7.69. The number of imidazole rings is 1. The number of ether oxygens (including phenoxy) is 1. The van der Waals surface area contributed by atoms with Gasteiger partial charge in [0.05, 0.1) is 12.8 Å². The lowest BCUT2D eigenvalue weighted by molar-refractivity contribution is 0.0687. The van der Waals surface area contributed by atoms with E-state index in [0.29, 0.717) is 17.1 Å². The standard InChI is InChI=1S/C21H21N5O7S2/c1-33-12-6-7-14(13(10-12)16(27)11-4-2-3-5-11)24-19(30)26-20-25-15(17(28)29)18(34-20)35(31,32)21-22-8-9-23-21/h6-11H,2-5H2,1H3,(H,22,23)(H,28,29)(H2,24,25,26,30). The highest BCUT2D eigenvalue weighted by Gasteiger charge is 2.32. The number of aromatic amines is 1. The van der Waals surface area contributed by atoms with E-state index < -0.39 is 36.9 Å². The van der Waals surface area contributed by atoms with Crippen LogP contribution in [0.5, 0.6) is 5.75 Å². The second-order valence-corrected chi connectivity index (χ2v) is 10.8. The average Bonchev–Trinajstić information content (AvgIpc) is 3.60. The number of carbonyl (C=O) groups is 3. The Kier molecular flexibility index (Phi) is 6.84. The van der Waals surface area contributed by atoms with E-state index in [4.69, 9.17) is 4.74 Å². The number of sulfone groups is 1. The topological polar surface area (TPSA) is 180 Å². The largest absolute Gasteiger partial charge is 0.497 e. The van der Waals surface area contributed by atoms with Gasteiger partial charge in [0.2, 0.25) is 5.16 Å². The smallest absolute Gasteiger partial charge is 0.356 e. The van der Waals surface area contributed by atoms with Crippen LogP contribution in [-0.4, -0.2) is 53.4 Å². The van der Waals surface area contributed by atoms with E-state index in [2.05, 4.69) is 25.6 Å². The Morgan fingerprint density at radius 1 is 1.20 bits per heavy atom. The van der Waals surface area contributed by atoms with E-state index in [1.54, 1.807) is 12.1 Å². The third-order valence-corrected chi connectivity index (χ3v) is 8.54. The van der Waals surface area contributed by atoms with E-state index in [1.807, 2.05) is 0 Å². The van der Waals surface area contributed by atoms with Crippen molar-refractivity contribution in [2.45, 2.75) is 35.0 Å². The summed E-state index contributed by atoms with van der Waals surface area (Å²) in [5.74, 6) is -1.38. The summed E-state index contributed by atoms with van der Waals surface area (Å²) in [6, 6.07) is 3.83. The van der Waals surface area contributed by atoms with Gasteiger partial charge in [-0.2, -0.15) is 0 Å². The number of H-pyrrole nitrogens is 1. The number of amides is 2. The maximum atomic E-state index is 13.0. The maximum absolute atomic E-state index is 13.0. The molecule has 4 N–H and O–H groups in total. The van der Waals surface area contributed by atoms with Crippen molar-refractivity contribution in [3.05, 3.63) is 41.9 Å². The van der Waals surface area contributed by atoms with Crippen molar-refractivity contribution < 1.29 is 32.6 Å². The number of carboxylic acids is 1. The van der Waals surface area contributed by atoms with Crippen molar-refractivity contribution in [3.8, 4) is 5.75 Å². The molecule has 0 saturated heterocycles. The Morgan fingerprint density at radius 2 is 1.94 bits per heavy atom. The van der Waals surface area contributed by atoms with Crippen LogP contribution in [0.2, 0.25) is 0 Å². The SMILES string of the molecule is COc1ccc(NC(=O)Nc2nc(C(=O)O)c(S(=O)(=O)c3ncc[nH]3)s2)c(C(=O)C2CCCC2)c1. The van der Waals surface area contributed by atoms with Gasteiger partial charge in [0, 0.05) is 23.9 Å². The number of anilines is 2. The van der Waals surface area contributed by atoms with Crippen molar-refractivity contribution in [3.63, 3.8) is 0 Å². The number of carbonyl (C=O) groups excluding carboxylic acids is 2. The molecule has 184 valence electrons. The zero-order chi connectivity index (χ0) is 25.2. The highest BCUT2D eigenvalue weighted by molar-refractivity contribution is 7.93. The van der Waals surface area contributed by atoms with Crippen LogP contribution in [0.3, 0.4) is 0 Å². The Labute approximate surface area is 203 Å². The number of thiazole rings is 1. The van der Waals surface area contributed by atoms with Crippen LogP contribution in [0.25, 0.3) is 0 Å². The predicted octanol–water partition coefficient (Wildman–Crippen LogP) is 3.42. The van der Waals surface area contributed by atoms with Gasteiger partial charge < -0.3 is 20.1 Å². The molecule has 1 fully saturated rings. The molecule has 0 unspecified atom stereocenters. The molecule has 1 saturated carbocycles. The van der Waals surface area contributed by atoms with Gasteiger partial charge in [0.15, 0.2) is 20.8 Å². The van der Waals surface area contributed by atoms with Gasteiger partial charge in [0.25, 0.3) is 9.84 Å². The number of rotatable bonds is 8. The number of nitrogens with one attached hydrogen (secondary N) is 3. The van der Waals surface area contributed by atoms with Gasteiger partial charge in [-0.25, -0.2) is 28.0 Å².